The maximum absolute atomic E-state index is 5.88. The van der Waals surface area contributed by atoms with Crippen molar-refractivity contribution < 1.29 is 4.74 Å². The summed E-state index contributed by atoms with van der Waals surface area (Å²) in [4.78, 5) is 3.95. The Hall–Kier alpha value is -1.62. The number of nitrogens with two attached hydrogens (primary N) is 1. The second-order valence-electron chi connectivity index (χ2n) is 3.78. The van der Waals surface area contributed by atoms with Gasteiger partial charge in [-0.2, -0.15) is 0 Å². The Morgan fingerprint density at radius 1 is 1.22 bits per heavy atom. The van der Waals surface area contributed by atoms with Gasteiger partial charge in [0.1, 0.15) is 10.9 Å². The van der Waals surface area contributed by atoms with Crippen molar-refractivity contribution in [2.75, 3.05) is 7.11 Å². The quantitative estimate of drug-likeness (QED) is 0.505. The molecule has 0 fully saturated rings. The zero-order valence-corrected chi connectivity index (χ0v) is 10.7. The first-order chi connectivity index (χ1) is 8.74. The number of halogens is 1. The van der Waals surface area contributed by atoms with Gasteiger partial charge < -0.3 is 4.74 Å². The number of methoxy groups -OCH3 is 1. The first-order valence-electron chi connectivity index (χ1n) is 5.46. The number of hydrogen-bond acceptors (Lipinski definition) is 4. The Balaban J connectivity index is 2.32. The van der Waals surface area contributed by atoms with E-state index in [2.05, 4.69) is 10.4 Å². The zero-order valence-electron chi connectivity index (χ0n) is 9.93. The van der Waals surface area contributed by atoms with E-state index in [9.17, 15) is 0 Å². The van der Waals surface area contributed by atoms with Crippen molar-refractivity contribution in [1.29, 1.82) is 0 Å². The minimum Gasteiger partial charge on any atom is -0.497 e. The van der Waals surface area contributed by atoms with Gasteiger partial charge in [0.05, 0.1) is 13.2 Å². The molecule has 3 N–H and O–H groups in total. The highest BCUT2D eigenvalue weighted by atomic mass is 35.5. The first-order valence-corrected chi connectivity index (χ1v) is 5.84. The maximum Gasteiger partial charge on any atom is 0.129 e. The third-order valence-electron chi connectivity index (χ3n) is 2.70. The van der Waals surface area contributed by atoms with Gasteiger partial charge in [0.25, 0.3) is 0 Å². The van der Waals surface area contributed by atoms with Crippen molar-refractivity contribution >= 4 is 11.6 Å². The van der Waals surface area contributed by atoms with Crippen LogP contribution in [0, 0.1) is 0 Å². The second-order valence-corrected chi connectivity index (χ2v) is 4.17. The Morgan fingerprint density at radius 3 is 2.50 bits per heavy atom. The summed E-state index contributed by atoms with van der Waals surface area (Å²) in [6.45, 7) is 0. The Labute approximate surface area is 111 Å². The van der Waals surface area contributed by atoms with E-state index in [0.717, 1.165) is 16.9 Å². The molecule has 0 aliphatic rings. The Bertz CT molecular complexity index is 516. The molecular weight excluding hydrogens is 250 g/mol. The summed E-state index contributed by atoms with van der Waals surface area (Å²) in [7, 11) is 1.64. The highest BCUT2D eigenvalue weighted by Gasteiger charge is 2.12. The summed E-state index contributed by atoms with van der Waals surface area (Å²) in [5, 5.41) is 0.446. The number of hydrazine groups is 1. The van der Waals surface area contributed by atoms with Crippen molar-refractivity contribution in [2.24, 2.45) is 5.84 Å². The van der Waals surface area contributed by atoms with Crippen LogP contribution in [-0.2, 0) is 0 Å². The SMILES string of the molecule is COc1ccc(C(NN)c2ccnc(Cl)c2)cc1. The normalized spacial score (nSPS) is 12.2. The van der Waals surface area contributed by atoms with Crippen LogP contribution in [-0.4, -0.2) is 12.1 Å². The fourth-order valence-electron chi connectivity index (χ4n) is 1.78. The van der Waals surface area contributed by atoms with Gasteiger partial charge in [-0.3, -0.25) is 5.84 Å². The van der Waals surface area contributed by atoms with E-state index in [4.69, 9.17) is 22.2 Å². The van der Waals surface area contributed by atoms with E-state index < -0.39 is 0 Å². The van der Waals surface area contributed by atoms with Crippen LogP contribution in [0.5, 0.6) is 5.75 Å². The van der Waals surface area contributed by atoms with Crippen molar-refractivity contribution in [1.82, 2.24) is 10.4 Å². The minimum atomic E-state index is -0.128. The monoisotopic (exact) mass is 263 g/mol. The molecule has 2 aromatic rings. The Morgan fingerprint density at radius 2 is 1.94 bits per heavy atom. The summed E-state index contributed by atoms with van der Waals surface area (Å²) in [6.07, 6.45) is 1.66. The lowest BCUT2D eigenvalue weighted by Gasteiger charge is -2.17. The lowest BCUT2D eigenvalue weighted by molar-refractivity contribution is 0.414. The second kappa shape index (κ2) is 5.82. The first kappa shape index (κ1) is 12.8. The Kier molecular flexibility index (Phi) is 4.15. The standard InChI is InChI=1S/C13H14ClN3O/c1-18-11-4-2-9(3-5-11)13(17-15)10-6-7-16-12(14)8-10/h2-8,13,17H,15H2,1H3. The number of nitrogens with one attached hydrogen (secondary N) is 1. The molecule has 0 spiro atoms. The highest BCUT2D eigenvalue weighted by molar-refractivity contribution is 6.29. The number of hydrogen-bond donors (Lipinski definition) is 2. The summed E-state index contributed by atoms with van der Waals surface area (Å²) < 4.78 is 5.12. The summed E-state index contributed by atoms with van der Waals surface area (Å²) in [5.74, 6) is 6.42. The van der Waals surface area contributed by atoms with Crippen LogP contribution in [0.3, 0.4) is 0 Å². The molecule has 1 aromatic heterocycles. The number of pyridine rings is 1. The number of ether oxygens (including phenoxy) is 1. The van der Waals surface area contributed by atoms with E-state index >= 15 is 0 Å². The average molecular weight is 264 g/mol. The third-order valence-corrected chi connectivity index (χ3v) is 2.91. The van der Waals surface area contributed by atoms with Crippen LogP contribution in [0.4, 0.5) is 0 Å². The summed E-state index contributed by atoms with van der Waals surface area (Å²) in [6, 6.07) is 11.2. The van der Waals surface area contributed by atoms with E-state index in [1.54, 1.807) is 19.4 Å². The largest absolute Gasteiger partial charge is 0.497 e. The fraction of sp³-hybridized carbons (Fsp3) is 0.154. The summed E-state index contributed by atoms with van der Waals surface area (Å²) >= 11 is 5.88. The van der Waals surface area contributed by atoms with E-state index in [0.29, 0.717) is 5.15 Å². The van der Waals surface area contributed by atoms with E-state index in [1.165, 1.54) is 0 Å². The zero-order chi connectivity index (χ0) is 13.0. The molecule has 1 heterocycles. The van der Waals surface area contributed by atoms with E-state index in [-0.39, 0.29) is 6.04 Å². The molecule has 94 valence electrons. The third kappa shape index (κ3) is 2.79. The molecule has 0 aliphatic carbocycles. The maximum atomic E-state index is 5.88. The van der Waals surface area contributed by atoms with Crippen molar-refractivity contribution in [3.63, 3.8) is 0 Å². The predicted octanol–water partition coefficient (Wildman–Crippen LogP) is 2.30. The lowest BCUT2D eigenvalue weighted by Crippen LogP contribution is -2.28. The van der Waals surface area contributed by atoms with Gasteiger partial charge in [0.15, 0.2) is 0 Å². The molecule has 18 heavy (non-hydrogen) atoms. The van der Waals surface area contributed by atoms with Gasteiger partial charge in [0, 0.05) is 6.20 Å². The molecule has 1 aromatic carbocycles. The highest BCUT2D eigenvalue weighted by Crippen LogP contribution is 2.24. The fourth-order valence-corrected chi connectivity index (χ4v) is 1.96. The number of benzene rings is 1. The molecule has 1 unspecified atom stereocenters. The number of aromatic nitrogens is 1. The van der Waals surface area contributed by atoms with Gasteiger partial charge in [-0.05, 0) is 35.4 Å². The number of nitrogens with zero attached hydrogens (tertiary/aromatic N) is 1. The summed E-state index contributed by atoms with van der Waals surface area (Å²) in [5.41, 5.74) is 4.76. The smallest absolute Gasteiger partial charge is 0.129 e. The van der Waals surface area contributed by atoms with Gasteiger partial charge in [-0.15, -0.1) is 0 Å². The van der Waals surface area contributed by atoms with Crippen LogP contribution in [0.15, 0.2) is 42.6 Å². The van der Waals surface area contributed by atoms with Crippen molar-refractivity contribution in [2.45, 2.75) is 6.04 Å². The molecule has 0 saturated carbocycles. The van der Waals surface area contributed by atoms with Gasteiger partial charge in [-0.1, -0.05) is 23.7 Å². The van der Waals surface area contributed by atoms with Crippen LogP contribution in [0.2, 0.25) is 5.15 Å². The molecule has 1 atom stereocenters. The minimum absolute atomic E-state index is 0.128. The van der Waals surface area contributed by atoms with Gasteiger partial charge in [-0.25, -0.2) is 10.4 Å². The van der Waals surface area contributed by atoms with Crippen molar-refractivity contribution in [3.05, 3.63) is 58.9 Å². The van der Waals surface area contributed by atoms with Crippen LogP contribution >= 0.6 is 11.6 Å². The molecule has 0 saturated heterocycles. The molecule has 0 radical (unpaired) electrons. The van der Waals surface area contributed by atoms with Crippen molar-refractivity contribution in [3.8, 4) is 5.75 Å². The molecule has 0 bridgehead atoms. The van der Waals surface area contributed by atoms with Crippen LogP contribution < -0.4 is 16.0 Å². The topological polar surface area (TPSA) is 60.2 Å². The molecule has 2 rings (SSSR count). The molecule has 4 nitrogen and oxygen atoms in total. The lowest BCUT2D eigenvalue weighted by atomic mass is 10.0. The molecule has 0 amide bonds. The van der Waals surface area contributed by atoms with Gasteiger partial charge >= 0.3 is 0 Å². The molecule has 0 aliphatic heterocycles. The predicted molar refractivity (Wildman–Crippen MR) is 71.4 cm³/mol. The van der Waals surface area contributed by atoms with Gasteiger partial charge in [0.2, 0.25) is 0 Å². The van der Waals surface area contributed by atoms with E-state index in [1.807, 2.05) is 30.3 Å². The van der Waals surface area contributed by atoms with Crippen LogP contribution in [0.25, 0.3) is 0 Å². The van der Waals surface area contributed by atoms with Crippen LogP contribution in [0.1, 0.15) is 17.2 Å². The molecule has 5 heteroatoms. The average Bonchev–Trinajstić information content (AvgIpc) is 2.40. The molecular formula is C13H14ClN3O. The number of rotatable bonds is 4.